The molecule has 0 fully saturated rings. The minimum atomic E-state index is 0.684. The Balaban J connectivity index is 2.52. The lowest BCUT2D eigenvalue weighted by Crippen LogP contribution is -1.88. The molecule has 1 rings (SSSR count). The van der Waals surface area contributed by atoms with E-state index in [1.807, 2.05) is 30.0 Å². The Hall–Kier alpha value is -0.140. The van der Waals surface area contributed by atoms with Gasteiger partial charge in [0.2, 0.25) is 0 Å². The fraction of sp³-hybridized carbons (Fsp3) is 0.400. The Labute approximate surface area is 83.3 Å². The topological polar surface area (TPSA) is 0 Å². The van der Waals surface area contributed by atoms with Crippen molar-refractivity contribution < 1.29 is 0 Å². The number of rotatable bonds is 3. The third-order valence-corrected chi connectivity index (χ3v) is 2.87. The van der Waals surface area contributed by atoms with E-state index in [-0.39, 0.29) is 0 Å². The lowest BCUT2D eigenvalue weighted by molar-refractivity contribution is 1.11. The zero-order valence-electron chi connectivity index (χ0n) is 7.38. The van der Waals surface area contributed by atoms with E-state index in [9.17, 15) is 0 Å². The molecule has 0 aliphatic carbocycles. The van der Waals surface area contributed by atoms with Gasteiger partial charge in [-0.3, -0.25) is 0 Å². The summed E-state index contributed by atoms with van der Waals surface area (Å²) in [6, 6.07) is 8.04. The van der Waals surface area contributed by atoms with Crippen molar-refractivity contribution >= 4 is 23.4 Å². The van der Waals surface area contributed by atoms with Crippen molar-refractivity contribution in [3.63, 3.8) is 0 Å². The highest BCUT2D eigenvalue weighted by atomic mass is 35.5. The number of benzene rings is 1. The molecule has 12 heavy (non-hydrogen) atoms. The van der Waals surface area contributed by atoms with Crippen LogP contribution in [0.15, 0.2) is 24.3 Å². The molecule has 1 aromatic carbocycles. The van der Waals surface area contributed by atoms with Crippen molar-refractivity contribution in [1.29, 1.82) is 0 Å². The van der Waals surface area contributed by atoms with Gasteiger partial charge in [-0.15, -0.1) is 0 Å². The van der Waals surface area contributed by atoms with Crippen LogP contribution in [0, 0.1) is 0 Å². The van der Waals surface area contributed by atoms with Crippen molar-refractivity contribution in [1.82, 2.24) is 0 Å². The molecule has 66 valence electrons. The zero-order chi connectivity index (χ0) is 8.97. The van der Waals surface area contributed by atoms with Crippen molar-refractivity contribution in [3.05, 3.63) is 34.9 Å². The largest absolute Gasteiger partial charge is 0.154 e. The minimum absolute atomic E-state index is 0.684. The molecule has 0 aromatic heterocycles. The third-order valence-electron chi connectivity index (χ3n) is 1.47. The number of halogens is 1. The molecule has 1 aromatic rings. The van der Waals surface area contributed by atoms with E-state index in [2.05, 4.69) is 19.9 Å². The molecule has 0 atom stereocenters. The summed E-state index contributed by atoms with van der Waals surface area (Å²) >= 11 is 7.79. The second-order valence-electron chi connectivity index (χ2n) is 2.99. The summed E-state index contributed by atoms with van der Waals surface area (Å²) in [4.78, 5) is 0. The average molecular weight is 201 g/mol. The fourth-order valence-corrected chi connectivity index (χ4v) is 1.81. The van der Waals surface area contributed by atoms with Crippen LogP contribution in [-0.2, 0) is 5.75 Å². The quantitative estimate of drug-likeness (QED) is 0.711. The molecule has 0 bridgehead atoms. The lowest BCUT2D eigenvalue weighted by Gasteiger charge is -2.04. The van der Waals surface area contributed by atoms with Gasteiger partial charge in [0, 0.05) is 10.8 Å². The highest BCUT2D eigenvalue weighted by Crippen LogP contribution is 2.19. The standard InChI is InChI=1S/C10H13ClS/c1-8(2)12-7-9-4-3-5-10(11)6-9/h3-6,8H,7H2,1-2H3. The van der Waals surface area contributed by atoms with E-state index in [1.54, 1.807) is 0 Å². The van der Waals surface area contributed by atoms with Crippen LogP contribution in [0.25, 0.3) is 0 Å². The Morgan fingerprint density at radius 3 is 2.75 bits per heavy atom. The molecule has 0 nitrogen and oxygen atoms in total. The maximum absolute atomic E-state index is 5.85. The smallest absolute Gasteiger partial charge is 0.0409 e. The maximum Gasteiger partial charge on any atom is 0.0409 e. The number of hydrogen-bond donors (Lipinski definition) is 0. The first-order chi connectivity index (χ1) is 5.68. The van der Waals surface area contributed by atoms with Crippen LogP contribution in [-0.4, -0.2) is 5.25 Å². The van der Waals surface area contributed by atoms with Crippen LogP contribution in [0.5, 0.6) is 0 Å². The molecule has 2 heteroatoms. The first-order valence-corrected chi connectivity index (χ1v) is 5.47. The second-order valence-corrected chi connectivity index (χ2v) is 4.99. The maximum atomic E-state index is 5.85. The number of hydrogen-bond acceptors (Lipinski definition) is 1. The van der Waals surface area contributed by atoms with Gasteiger partial charge in [-0.25, -0.2) is 0 Å². The summed E-state index contributed by atoms with van der Waals surface area (Å²) in [5.74, 6) is 1.05. The van der Waals surface area contributed by atoms with Crippen LogP contribution < -0.4 is 0 Å². The number of thioether (sulfide) groups is 1. The molecule has 0 heterocycles. The normalized spacial score (nSPS) is 10.7. The first-order valence-electron chi connectivity index (χ1n) is 4.04. The van der Waals surface area contributed by atoms with Crippen LogP contribution in [0.2, 0.25) is 5.02 Å². The van der Waals surface area contributed by atoms with Crippen molar-refractivity contribution in [3.8, 4) is 0 Å². The van der Waals surface area contributed by atoms with Crippen LogP contribution in [0.1, 0.15) is 19.4 Å². The van der Waals surface area contributed by atoms with Gasteiger partial charge < -0.3 is 0 Å². The van der Waals surface area contributed by atoms with Gasteiger partial charge >= 0.3 is 0 Å². The van der Waals surface area contributed by atoms with E-state index in [1.165, 1.54) is 5.56 Å². The first kappa shape index (κ1) is 9.94. The molecule has 0 amide bonds. The SMILES string of the molecule is CC(C)SCc1cccc(Cl)c1. The predicted molar refractivity (Wildman–Crippen MR) is 57.9 cm³/mol. The Kier molecular flexibility index (Phi) is 3.96. The summed E-state index contributed by atoms with van der Waals surface area (Å²) in [6.45, 7) is 4.41. The molecule has 0 radical (unpaired) electrons. The van der Waals surface area contributed by atoms with Gasteiger partial charge in [-0.1, -0.05) is 37.6 Å². The van der Waals surface area contributed by atoms with Crippen molar-refractivity contribution in [2.75, 3.05) is 0 Å². The summed E-state index contributed by atoms with van der Waals surface area (Å²) < 4.78 is 0. The van der Waals surface area contributed by atoms with Gasteiger partial charge in [-0.05, 0) is 22.9 Å². The Morgan fingerprint density at radius 2 is 2.17 bits per heavy atom. The highest BCUT2D eigenvalue weighted by Gasteiger charge is 1.96. The predicted octanol–water partition coefficient (Wildman–Crippen LogP) is 3.98. The van der Waals surface area contributed by atoms with Gasteiger partial charge in [0.25, 0.3) is 0 Å². The molecule has 0 saturated heterocycles. The van der Waals surface area contributed by atoms with Gasteiger partial charge in [0.15, 0.2) is 0 Å². The van der Waals surface area contributed by atoms with E-state index in [0.717, 1.165) is 10.8 Å². The fourth-order valence-electron chi connectivity index (χ4n) is 0.890. The van der Waals surface area contributed by atoms with E-state index >= 15 is 0 Å². The van der Waals surface area contributed by atoms with Crippen LogP contribution in [0.3, 0.4) is 0 Å². The lowest BCUT2D eigenvalue weighted by atomic mass is 10.2. The van der Waals surface area contributed by atoms with Gasteiger partial charge in [0.05, 0.1) is 0 Å². The van der Waals surface area contributed by atoms with Gasteiger partial charge in [0.1, 0.15) is 0 Å². The molecular formula is C10H13ClS. The van der Waals surface area contributed by atoms with Gasteiger partial charge in [-0.2, -0.15) is 11.8 Å². The summed E-state index contributed by atoms with van der Waals surface area (Å²) in [5.41, 5.74) is 1.31. The Morgan fingerprint density at radius 1 is 1.42 bits per heavy atom. The van der Waals surface area contributed by atoms with Crippen LogP contribution >= 0.6 is 23.4 Å². The molecule has 0 aliphatic heterocycles. The van der Waals surface area contributed by atoms with Crippen LogP contribution in [0.4, 0.5) is 0 Å². The molecule has 0 saturated carbocycles. The van der Waals surface area contributed by atoms with E-state index in [0.29, 0.717) is 5.25 Å². The highest BCUT2D eigenvalue weighted by molar-refractivity contribution is 7.99. The second kappa shape index (κ2) is 4.78. The minimum Gasteiger partial charge on any atom is -0.154 e. The van der Waals surface area contributed by atoms with E-state index in [4.69, 9.17) is 11.6 Å². The molecule has 0 unspecified atom stereocenters. The monoisotopic (exact) mass is 200 g/mol. The van der Waals surface area contributed by atoms with Crippen molar-refractivity contribution in [2.45, 2.75) is 24.9 Å². The zero-order valence-corrected chi connectivity index (χ0v) is 8.95. The summed E-state index contributed by atoms with van der Waals surface area (Å²) in [5, 5.41) is 1.51. The molecule has 0 aliphatic rings. The van der Waals surface area contributed by atoms with Crippen molar-refractivity contribution in [2.24, 2.45) is 0 Å². The summed E-state index contributed by atoms with van der Waals surface area (Å²) in [7, 11) is 0. The Bertz CT molecular complexity index is 245. The average Bonchev–Trinajstić information content (AvgIpc) is 2.01. The van der Waals surface area contributed by atoms with E-state index < -0.39 is 0 Å². The molecular weight excluding hydrogens is 188 g/mol. The molecule has 0 spiro atoms. The summed E-state index contributed by atoms with van der Waals surface area (Å²) in [6.07, 6.45) is 0. The third kappa shape index (κ3) is 3.51. The molecule has 0 N–H and O–H groups in total.